The lowest BCUT2D eigenvalue weighted by atomic mass is 10.0. The number of hydrogen-bond acceptors (Lipinski definition) is 4. The molecule has 0 bridgehead atoms. The molecule has 0 spiro atoms. The highest BCUT2D eigenvalue weighted by Crippen LogP contribution is 2.22. The zero-order valence-electron chi connectivity index (χ0n) is 14.4. The van der Waals surface area contributed by atoms with Gasteiger partial charge in [0.1, 0.15) is 0 Å². The van der Waals surface area contributed by atoms with Crippen molar-refractivity contribution >= 4 is 23.0 Å². The Hall–Kier alpha value is -1.98. The summed E-state index contributed by atoms with van der Waals surface area (Å²) < 4.78 is 0. The van der Waals surface area contributed by atoms with Crippen molar-refractivity contribution < 1.29 is 9.59 Å². The van der Waals surface area contributed by atoms with Crippen LogP contribution in [0.1, 0.15) is 39.7 Å². The number of nitrogens with one attached hydrogen (secondary N) is 1. The molecule has 1 heterocycles. The third kappa shape index (κ3) is 5.01. The minimum atomic E-state index is -0.0830. The lowest BCUT2D eigenvalue weighted by Gasteiger charge is -2.23. The minimum absolute atomic E-state index is 0.0191. The fourth-order valence-electron chi connectivity index (χ4n) is 2.56. The van der Waals surface area contributed by atoms with Crippen molar-refractivity contribution in [2.24, 2.45) is 0 Å². The largest absolute Gasteiger partial charge is 0.354 e. The van der Waals surface area contributed by atoms with Gasteiger partial charge in [0.2, 0.25) is 5.91 Å². The Bertz CT molecular complexity index is 680. The molecule has 1 amide bonds. The lowest BCUT2D eigenvalue weighted by molar-refractivity contribution is -0.121. The lowest BCUT2D eigenvalue weighted by Crippen LogP contribution is -2.34. The van der Waals surface area contributed by atoms with Gasteiger partial charge in [0, 0.05) is 29.8 Å². The number of ketones is 1. The second-order valence-corrected chi connectivity index (χ2v) is 7.02. The minimum Gasteiger partial charge on any atom is -0.354 e. The Balaban J connectivity index is 1.83. The van der Waals surface area contributed by atoms with E-state index in [0.717, 1.165) is 5.56 Å². The van der Waals surface area contributed by atoms with Crippen LogP contribution < -0.4 is 5.32 Å². The standard InChI is InChI=1S/C19H24N2O2S/c1-14-7-4-5-8-15(14)17(22)10-11-19(23)20-13-16(21(2)3)18-9-6-12-24-18/h4-9,12,16H,10-11,13H2,1-3H3,(H,20,23). The SMILES string of the molecule is Cc1ccccc1C(=O)CCC(=O)NCC(c1cccs1)N(C)C. The second-order valence-electron chi connectivity index (χ2n) is 6.04. The van der Waals surface area contributed by atoms with E-state index in [4.69, 9.17) is 0 Å². The number of hydrogen-bond donors (Lipinski definition) is 1. The molecule has 2 rings (SSSR count). The van der Waals surface area contributed by atoms with E-state index in [-0.39, 0.29) is 30.6 Å². The molecule has 2 aromatic rings. The van der Waals surface area contributed by atoms with E-state index in [9.17, 15) is 9.59 Å². The van der Waals surface area contributed by atoms with Crippen LogP contribution in [-0.4, -0.2) is 37.2 Å². The van der Waals surface area contributed by atoms with Crippen LogP contribution >= 0.6 is 11.3 Å². The highest BCUT2D eigenvalue weighted by atomic mass is 32.1. The number of likely N-dealkylation sites (N-methyl/N-ethyl adjacent to an activating group) is 1. The third-order valence-electron chi connectivity index (χ3n) is 4.01. The maximum atomic E-state index is 12.2. The first-order valence-corrected chi connectivity index (χ1v) is 8.92. The van der Waals surface area contributed by atoms with E-state index >= 15 is 0 Å². The summed E-state index contributed by atoms with van der Waals surface area (Å²) >= 11 is 1.68. The van der Waals surface area contributed by atoms with Crippen molar-refractivity contribution in [3.63, 3.8) is 0 Å². The molecule has 5 heteroatoms. The van der Waals surface area contributed by atoms with Gasteiger partial charge >= 0.3 is 0 Å². The van der Waals surface area contributed by atoms with Gasteiger partial charge < -0.3 is 10.2 Å². The van der Waals surface area contributed by atoms with Gasteiger partial charge in [-0.15, -0.1) is 11.3 Å². The van der Waals surface area contributed by atoms with Crippen molar-refractivity contribution in [1.29, 1.82) is 0 Å². The van der Waals surface area contributed by atoms with E-state index in [2.05, 4.69) is 16.3 Å². The summed E-state index contributed by atoms with van der Waals surface area (Å²) in [5.74, 6) is -0.0639. The summed E-state index contributed by atoms with van der Waals surface area (Å²) in [7, 11) is 4.00. The van der Waals surface area contributed by atoms with Gasteiger partial charge in [-0.3, -0.25) is 9.59 Å². The van der Waals surface area contributed by atoms with Gasteiger partial charge in [0.05, 0.1) is 6.04 Å². The van der Waals surface area contributed by atoms with Gasteiger partial charge in [-0.2, -0.15) is 0 Å². The zero-order chi connectivity index (χ0) is 17.5. The van der Waals surface area contributed by atoms with E-state index in [0.29, 0.717) is 12.1 Å². The molecule has 0 saturated carbocycles. The summed E-state index contributed by atoms with van der Waals surface area (Å²) in [6.45, 7) is 2.46. The molecule has 0 aliphatic rings. The molecule has 1 N–H and O–H groups in total. The van der Waals surface area contributed by atoms with Crippen LogP contribution in [0.2, 0.25) is 0 Å². The third-order valence-corrected chi connectivity index (χ3v) is 4.99. The molecular weight excluding hydrogens is 320 g/mol. The number of carbonyl (C=O) groups excluding carboxylic acids is 2. The average Bonchev–Trinajstić information content (AvgIpc) is 3.07. The number of benzene rings is 1. The Morgan fingerprint density at radius 1 is 1.12 bits per heavy atom. The van der Waals surface area contributed by atoms with Crippen molar-refractivity contribution in [2.45, 2.75) is 25.8 Å². The van der Waals surface area contributed by atoms with Crippen molar-refractivity contribution in [2.75, 3.05) is 20.6 Å². The molecule has 0 aliphatic heterocycles. The molecule has 0 radical (unpaired) electrons. The molecule has 0 aliphatic carbocycles. The monoisotopic (exact) mass is 344 g/mol. The molecule has 24 heavy (non-hydrogen) atoms. The maximum Gasteiger partial charge on any atom is 0.220 e. The normalized spacial score (nSPS) is 12.2. The summed E-state index contributed by atoms with van der Waals surface area (Å²) in [4.78, 5) is 27.6. The van der Waals surface area contributed by atoms with Crippen LogP contribution in [0.25, 0.3) is 0 Å². The fraction of sp³-hybridized carbons (Fsp3) is 0.368. The van der Waals surface area contributed by atoms with E-state index in [1.807, 2.05) is 56.7 Å². The highest BCUT2D eigenvalue weighted by molar-refractivity contribution is 7.10. The first kappa shape index (κ1) is 18.4. The van der Waals surface area contributed by atoms with Gasteiger partial charge in [0.25, 0.3) is 0 Å². The molecule has 128 valence electrons. The summed E-state index contributed by atoms with van der Waals surface area (Å²) in [5, 5.41) is 4.98. The topological polar surface area (TPSA) is 49.4 Å². The van der Waals surface area contributed by atoms with Crippen LogP contribution in [0.15, 0.2) is 41.8 Å². The summed E-state index contributed by atoms with van der Waals surface area (Å²) in [6.07, 6.45) is 0.458. The molecule has 1 aromatic heterocycles. The fourth-order valence-corrected chi connectivity index (χ4v) is 3.49. The molecule has 0 fully saturated rings. The number of amides is 1. The Labute approximate surface area is 147 Å². The predicted octanol–water partition coefficient (Wildman–Crippen LogP) is 3.44. The highest BCUT2D eigenvalue weighted by Gasteiger charge is 2.17. The smallest absolute Gasteiger partial charge is 0.220 e. The second kappa shape index (κ2) is 8.76. The first-order valence-electron chi connectivity index (χ1n) is 8.04. The number of aryl methyl sites for hydroxylation is 1. The Kier molecular flexibility index (Phi) is 6.70. The molecule has 1 atom stereocenters. The van der Waals surface area contributed by atoms with E-state index in [1.165, 1.54) is 4.88 Å². The van der Waals surface area contributed by atoms with Gasteiger partial charge in [-0.05, 0) is 38.0 Å². The predicted molar refractivity (Wildman–Crippen MR) is 98.5 cm³/mol. The Morgan fingerprint density at radius 3 is 2.50 bits per heavy atom. The number of carbonyl (C=O) groups is 2. The average molecular weight is 344 g/mol. The van der Waals surface area contributed by atoms with Gasteiger partial charge in [-0.25, -0.2) is 0 Å². The number of Topliss-reactive ketones (excluding diaryl/α,β-unsaturated/α-hetero) is 1. The summed E-state index contributed by atoms with van der Waals surface area (Å²) in [6, 6.07) is 11.7. The molecule has 1 unspecified atom stereocenters. The molecule has 0 saturated heterocycles. The van der Waals surface area contributed by atoms with Crippen LogP contribution in [0.3, 0.4) is 0 Å². The van der Waals surface area contributed by atoms with Crippen LogP contribution in [0.4, 0.5) is 0 Å². The van der Waals surface area contributed by atoms with E-state index < -0.39 is 0 Å². The van der Waals surface area contributed by atoms with Gasteiger partial charge in [0.15, 0.2) is 5.78 Å². The Morgan fingerprint density at radius 2 is 1.88 bits per heavy atom. The summed E-state index contributed by atoms with van der Waals surface area (Å²) in [5.41, 5.74) is 1.66. The van der Waals surface area contributed by atoms with Crippen molar-refractivity contribution in [1.82, 2.24) is 10.2 Å². The van der Waals surface area contributed by atoms with Crippen molar-refractivity contribution in [3.8, 4) is 0 Å². The van der Waals surface area contributed by atoms with Crippen LogP contribution in [-0.2, 0) is 4.79 Å². The number of thiophene rings is 1. The quantitative estimate of drug-likeness (QED) is 0.746. The van der Waals surface area contributed by atoms with Gasteiger partial charge in [-0.1, -0.05) is 30.3 Å². The zero-order valence-corrected chi connectivity index (χ0v) is 15.2. The molecule has 1 aromatic carbocycles. The van der Waals surface area contributed by atoms with Crippen LogP contribution in [0.5, 0.6) is 0 Å². The molecule has 4 nitrogen and oxygen atoms in total. The molecular formula is C19H24N2O2S. The van der Waals surface area contributed by atoms with Crippen molar-refractivity contribution in [3.05, 3.63) is 57.8 Å². The number of nitrogens with zero attached hydrogens (tertiary/aromatic N) is 1. The first-order chi connectivity index (χ1) is 11.5. The maximum absolute atomic E-state index is 12.2. The number of rotatable bonds is 8. The van der Waals surface area contributed by atoms with E-state index in [1.54, 1.807) is 11.3 Å². The van der Waals surface area contributed by atoms with Crippen LogP contribution in [0, 0.1) is 6.92 Å².